The lowest BCUT2D eigenvalue weighted by Crippen LogP contribution is -2.00. The maximum atomic E-state index is 11.8. The van der Waals surface area contributed by atoms with Crippen molar-refractivity contribution in [3.05, 3.63) is 45.8 Å². The van der Waals surface area contributed by atoms with Gasteiger partial charge in [-0.25, -0.2) is 4.79 Å². The van der Waals surface area contributed by atoms with Crippen LogP contribution in [0, 0.1) is 0 Å². The van der Waals surface area contributed by atoms with Crippen molar-refractivity contribution in [3.8, 4) is 0 Å². The molecule has 7 heteroatoms. The first-order valence-electron chi connectivity index (χ1n) is 7.95. The van der Waals surface area contributed by atoms with Crippen LogP contribution in [0.1, 0.15) is 31.4 Å². The van der Waals surface area contributed by atoms with Crippen molar-refractivity contribution in [1.29, 1.82) is 0 Å². The van der Waals surface area contributed by atoms with Gasteiger partial charge in [0.05, 0.1) is 0 Å². The van der Waals surface area contributed by atoms with E-state index in [0.29, 0.717) is 11.3 Å². The minimum Gasteiger partial charge on any atom is -0.423 e. The predicted octanol–water partition coefficient (Wildman–Crippen LogP) is 4.32. The number of hydrogen-bond acceptors (Lipinski definition) is 7. The summed E-state index contributed by atoms with van der Waals surface area (Å²) in [5.74, 6) is 0.663. The van der Waals surface area contributed by atoms with Crippen LogP contribution in [0.3, 0.4) is 0 Å². The van der Waals surface area contributed by atoms with Crippen molar-refractivity contribution in [1.82, 2.24) is 10.2 Å². The molecule has 0 fully saturated rings. The Morgan fingerprint density at radius 1 is 1.25 bits per heavy atom. The zero-order chi connectivity index (χ0) is 16.9. The topological polar surface area (TPSA) is 68.0 Å². The van der Waals surface area contributed by atoms with E-state index in [1.165, 1.54) is 11.3 Å². The van der Waals surface area contributed by atoms with Crippen molar-refractivity contribution in [2.75, 3.05) is 11.9 Å². The monoisotopic (exact) mass is 361 g/mol. The van der Waals surface area contributed by atoms with Gasteiger partial charge in [0.15, 0.2) is 4.34 Å². The number of aryl methyl sites for hydroxylation is 1. The molecule has 0 aliphatic rings. The smallest absolute Gasteiger partial charge is 0.336 e. The molecule has 0 unspecified atom stereocenters. The van der Waals surface area contributed by atoms with E-state index in [1.54, 1.807) is 17.8 Å². The molecule has 2 heterocycles. The number of fused-ring (bicyclic) bond motifs is 1. The molecule has 1 aromatic carbocycles. The first-order chi connectivity index (χ1) is 11.7. The largest absolute Gasteiger partial charge is 0.423 e. The molecule has 24 heavy (non-hydrogen) atoms. The SMILES string of the molecule is CCCNc1nnc(SCc2cc(=O)oc3cc(CC)ccc23)s1. The van der Waals surface area contributed by atoms with Crippen molar-refractivity contribution >= 4 is 39.2 Å². The van der Waals surface area contributed by atoms with Crippen LogP contribution < -0.4 is 10.9 Å². The summed E-state index contributed by atoms with van der Waals surface area (Å²) in [7, 11) is 0. The zero-order valence-electron chi connectivity index (χ0n) is 13.7. The molecule has 0 bridgehead atoms. The Kier molecular flexibility index (Phi) is 5.52. The Labute approximate surface area is 148 Å². The molecule has 5 nitrogen and oxygen atoms in total. The van der Waals surface area contributed by atoms with E-state index in [4.69, 9.17) is 4.42 Å². The molecular weight excluding hydrogens is 342 g/mol. The molecule has 0 amide bonds. The van der Waals surface area contributed by atoms with Gasteiger partial charge in [-0.2, -0.15) is 0 Å². The standard InChI is InChI=1S/C17H19N3O2S2/c1-3-7-18-16-19-20-17(24-16)23-10-12-9-15(21)22-14-8-11(4-2)5-6-13(12)14/h5-6,8-9H,3-4,7,10H2,1-2H3,(H,18,19). The molecule has 2 aromatic heterocycles. The van der Waals surface area contributed by atoms with Gasteiger partial charge < -0.3 is 9.73 Å². The van der Waals surface area contributed by atoms with E-state index in [1.807, 2.05) is 12.1 Å². The van der Waals surface area contributed by atoms with Gasteiger partial charge in [0, 0.05) is 23.8 Å². The lowest BCUT2D eigenvalue weighted by atomic mass is 10.1. The van der Waals surface area contributed by atoms with Crippen molar-refractivity contribution in [2.24, 2.45) is 0 Å². The summed E-state index contributed by atoms with van der Waals surface area (Å²) < 4.78 is 6.23. The van der Waals surface area contributed by atoms with Crippen LogP contribution in [0.25, 0.3) is 11.0 Å². The molecule has 3 rings (SSSR count). The van der Waals surface area contributed by atoms with Crippen molar-refractivity contribution in [2.45, 2.75) is 36.8 Å². The molecule has 0 radical (unpaired) electrons. The van der Waals surface area contributed by atoms with Crippen molar-refractivity contribution in [3.63, 3.8) is 0 Å². The molecule has 0 spiro atoms. The second-order valence-corrected chi connectivity index (χ2v) is 7.56. The maximum Gasteiger partial charge on any atom is 0.336 e. The first-order valence-corrected chi connectivity index (χ1v) is 9.75. The Hall–Kier alpha value is -1.86. The Morgan fingerprint density at radius 2 is 2.12 bits per heavy atom. The van der Waals surface area contributed by atoms with Crippen LogP contribution >= 0.6 is 23.1 Å². The number of anilines is 1. The highest BCUT2D eigenvalue weighted by molar-refractivity contribution is 8.00. The normalized spacial score (nSPS) is 11.1. The highest BCUT2D eigenvalue weighted by atomic mass is 32.2. The molecule has 0 saturated carbocycles. The molecule has 126 valence electrons. The Morgan fingerprint density at radius 3 is 2.92 bits per heavy atom. The first kappa shape index (κ1) is 17.0. The summed E-state index contributed by atoms with van der Waals surface area (Å²) in [5.41, 5.74) is 2.47. The fourth-order valence-corrected chi connectivity index (χ4v) is 4.09. The fraction of sp³-hybridized carbons (Fsp3) is 0.353. The summed E-state index contributed by atoms with van der Waals surface area (Å²) in [6.07, 6.45) is 1.96. The predicted molar refractivity (Wildman–Crippen MR) is 100 cm³/mol. The summed E-state index contributed by atoms with van der Waals surface area (Å²) >= 11 is 3.12. The van der Waals surface area contributed by atoms with E-state index in [0.717, 1.165) is 45.4 Å². The average Bonchev–Trinajstić information content (AvgIpc) is 3.04. The van der Waals surface area contributed by atoms with Crippen LogP contribution in [0.2, 0.25) is 0 Å². The molecule has 0 aliphatic heterocycles. The summed E-state index contributed by atoms with van der Waals surface area (Å²) in [6, 6.07) is 7.62. The van der Waals surface area contributed by atoms with Gasteiger partial charge in [0.1, 0.15) is 5.58 Å². The van der Waals surface area contributed by atoms with E-state index < -0.39 is 0 Å². The third kappa shape index (κ3) is 3.96. The number of hydrogen-bond donors (Lipinski definition) is 1. The number of thioether (sulfide) groups is 1. The molecule has 0 aliphatic carbocycles. The number of nitrogens with zero attached hydrogens (tertiary/aromatic N) is 2. The number of benzene rings is 1. The lowest BCUT2D eigenvalue weighted by molar-refractivity contribution is 0.559. The fourth-order valence-electron chi connectivity index (χ4n) is 2.32. The minimum atomic E-state index is -0.311. The maximum absolute atomic E-state index is 11.8. The number of aromatic nitrogens is 2. The van der Waals surface area contributed by atoms with Crippen LogP contribution in [0.5, 0.6) is 0 Å². The van der Waals surface area contributed by atoms with Crippen LogP contribution in [0.15, 0.2) is 37.8 Å². The summed E-state index contributed by atoms with van der Waals surface area (Å²) in [4.78, 5) is 11.8. The van der Waals surface area contributed by atoms with Crippen molar-refractivity contribution < 1.29 is 4.42 Å². The second-order valence-electron chi connectivity index (χ2n) is 5.36. The summed E-state index contributed by atoms with van der Waals surface area (Å²) in [6.45, 7) is 5.09. The van der Waals surface area contributed by atoms with Gasteiger partial charge in [-0.05, 0) is 30.0 Å². The van der Waals surface area contributed by atoms with E-state index >= 15 is 0 Å². The van der Waals surface area contributed by atoms with Crippen LogP contribution in [-0.4, -0.2) is 16.7 Å². The molecule has 0 saturated heterocycles. The Bertz CT molecular complexity index is 889. The van der Waals surface area contributed by atoms with E-state index in [-0.39, 0.29) is 5.63 Å². The lowest BCUT2D eigenvalue weighted by Gasteiger charge is -2.05. The van der Waals surface area contributed by atoms with E-state index in [2.05, 4.69) is 35.4 Å². The number of nitrogens with one attached hydrogen (secondary N) is 1. The zero-order valence-corrected chi connectivity index (χ0v) is 15.3. The second kappa shape index (κ2) is 7.81. The van der Waals surface area contributed by atoms with Crippen LogP contribution in [0.4, 0.5) is 5.13 Å². The van der Waals surface area contributed by atoms with Gasteiger partial charge in [0.2, 0.25) is 5.13 Å². The third-order valence-electron chi connectivity index (χ3n) is 3.59. The average molecular weight is 361 g/mol. The van der Waals surface area contributed by atoms with Gasteiger partial charge in [-0.3, -0.25) is 0 Å². The van der Waals surface area contributed by atoms with Crippen LogP contribution in [-0.2, 0) is 12.2 Å². The van der Waals surface area contributed by atoms with Gasteiger partial charge in [0.25, 0.3) is 0 Å². The summed E-state index contributed by atoms with van der Waals surface area (Å²) in [5, 5.41) is 13.4. The quantitative estimate of drug-likeness (QED) is 0.499. The van der Waals surface area contributed by atoms with Gasteiger partial charge in [-0.1, -0.05) is 49.1 Å². The molecule has 3 aromatic rings. The molecule has 0 atom stereocenters. The Balaban J connectivity index is 1.79. The minimum absolute atomic E-state index is 0.311. The molecular formula is C17H19N3O2S2. The van der Waals surface area contributed by atoms with Gasteiger partial charge >= 0.3 is 5.63 Å². The van der Waals surface area contributed by atoms with Gasteiger partial charge in [-0.15, -0.1) is 10.2 Å². The molecule has 1 N–H and O–H groups in total. The highest BCUT2D eigenvalue weighted by Crippen LogP contribution is 2.30. The number of rotatable bonds is 7. The third-order valence-corrected chi connectivity index (χ3v) is 5.65. The van der Waals surface area contributed by atoms with E-state index in [9.17, 15) is 4.79 Å². The highest BCUT2D eigenvalue weighted by Gasteiger charge is 2.09.